The van der Waals surface area contributed by atoms with Crippen molar-refractivity contribution in [2.75, 3.05) is 20.7 Å². The Hall–Kier alpha value is -3.43. The second-order valence-corrected chi connectivity index (χ2v) is 8.91. The van der Waals surface area contributed by atoms with E-state index in [2.05, 4.69) is 21.2 Å². The molecule has 2 aromatic carbocycles. The molecule has 4 rings (SSSR count). The maximum absolute atomic E-state index is 13.5. The Morgan fingerprint density at radius 2 is 2.11 bits per heavy atom. The molecule has 0 radical (unpaired) electrons. The van der Waals surface area contributed by atoms with E-state index in [-0.39, 0.29) is 23.9 Å². The number of amides is 2. The summed E-state index contributed by atoms with van der Waals surface area (Å²) in [7, 11) is 5.32. The van der Waals surface area contributed by atoms with Gasteiger partial charge in [-0.3, -0.25) is 10.9 Å². The van der Waals surface area contributed by atoms with Gasteiger partial charge in [-0.15, -0.1) is 0 Å². The van der Waals surface area contributed by atoms with Crippen molar-refractivity contribution in [2.45, 2.75) is 37.4 Å². The quantitative estimate of drug-likeness (QED) is 0.435. The number of nitrogens with one attached hydrogen (secondary N) is 3. The molecule has 2 heterocycles. The van der Waals surface area contributed by atoms with Crippen molar-refractivity contribution in [1.29, 1.82) is 0 Å². The van der Waals surface area contributed by atoms with E-state index in [0.29, 0.717) is 12.3 Å². The lowest BCUT2D eigenvalue weighted by atomic mass is 9.99. The third-order valence-corrected chi connectivity index (χ3v) is 6.46. The number of hydrogen-bond acceptors (Lipinski definition) is 5. The summed E-state index contributed by atoms with van der Waals surface area (Å²) in [5.74, 6) is 1.19. The van der Waals surface area contributed by atoms with Crippen LogP contribution in [-0.2, 0) is 7.05 Å². The van der Waals surface area contributed by atoms with E-state index >= 15 is 0 Å². The SMILES string of the molecule is COc1ccccc1C(NC(=O)N(C)CCCC1CC(c2cccc(F)c2)NN1)c1nccn1C. The predicted octanol–water partition coefficient (Wildman–Crippen LogP) is 3.69. The Balaban J connectivity index is 1.32. The molecular weight excluding hydrogens is 447 g/mol. The topological polar surface area (TPSA) is 83.4 Å². The van der Waals surface area contributed by atoms with Crippen LogP contribution in [-0.4, -0.2) is 47.2 Å². The molecule has 186 valence electrons. The van der Waals surface area contributed by atoms with Crippen LogP contribution < -0.4 is 20.9 Å². The number of halogens is 1. The van der Waals surface area contributed by atoms with E-state index in [1.165, 1.54) is 6.07 Å². The van der Waals surface area contributed by atoms with Crippen molar-refractivity contribution in [3.8, 4) is 5.75 Å². The zero-order valence-corrected chi connectivity index (χ0v) is 20.4. The van der Waals surface area contributed by atoms with Crippen molar-refractivity contribution in [3.63, 3.8) is 0 Å². The van der Waals surface area contributed by atoms with Crippen LogP contribution in [0.5, 0.6) is 5.75 Å². The van der Waals surface area contributed by atoms with Crippen molar-refractivity contribution in [2.24, 2.45) is 7.05 Å². The second kappa shape index (κ2) is 11.3. The number of ether oxygens (including phenoxy) is 1. The molecule has 1 fully saturated rings. The van der Waals surface area contributed by atoms with Crippen LogP contribution in [0.25, 0.3) is 0 Å². The largest absolute Gasteiger partial charge is 0.496 e. The Morgan fingerprint density at radius 3 is 2.86 bits per heavy atom. The second-order valence-electron chi connectivity index (χ2n) is 8.91. The number of para-hydroxylation sites is 1. The molecule has 0 spiro atoms. The number of imidazole rings is 1. The zero-order valence-electron chi connectivity index (χ0n) is 20.4. The summed E-state index contributed by atoms with van der Waals surface area (Å²) < 4.78 is 21.0. The van der Waals surface area contributed by atoms with Gasteiger partial charge in [0.2, 0.25) is 0 Å². The number of benzene rings is 2. The molecule has 3 atom stereocenters. The molecule has 3 unspecified atom stereocenters. The van der Waals surface area contributed by atoms with E-state index in [1.807, 2.05) is 48.1 Å². The van der Waals surface area contributed by atoms with E-state index in [9.17, 15) is 9.18 Å². The molecule has 0 aliphatic carbocycles. The molecule has 1 aliphatic rings. The highest BCUT2D eigenvalue weighted by molar-refractivity contribution is 5.75. The molecule has 0 bridgehead atoms. The lowest BCUT2D eigenvalue weighted by Crippen LogP contribution is -2.41. The number of aromatic nitrogens is 2. The van der Waals surface area contributed by atoms with Gasteiger partial charge in [-0.2, -0.15) is 0 Å². The average Bonchev–Trinajstić information content (AvgIpc) is 3.51. The number of urea groups is 1. The number of rotatable bonds is 9. The number of aryl methyl sites for hydroxylation is 1. The van der Waals surface area contributed by atoms with Gasteiger partial charge in [0.15, 0.2) is 0 Å². The van der Waals surface area contributed by atoms with Crippen molar-refractivity contribution < 1.29 is 13.9 Å². The molecule has 9 heteroatoms. The van der Waals surface area contributed by atoms with Crippen molar-refractivity contribution in [3.05, 3.63) is 83.7 Å². The Morgan fingerprint density at radius 1 is 1.29 bits per heavy atom. The maximum Gasteiger partial charge on any atom is 0.317 e. The summed E-state index contributed by atoms with van der Waals surface area (Å²) in [6.07, 6.45) is 6.17. The number of hydrogen-bond donors (Lipinski definition) is 3. The molecule has 35 heavy (non-hydrogen) atoms. The van der Waals surface area contributed by atoms with E-state index < -0.39 is 6.04 Å². The zero-order chi connectivity index (χ0) is 24.8. The molecular formula is C26H33FN6O2. The van der Waals surface area contributed by atoms with Gasteiger partial charge in [0, 0.05) is 50.7 Å². The normalized spacial score (nSPS) is 18.3. The highest BCUT2D eigenvalue weighted by Crippen LogP contribution is 2.29. The number of carbonyl (C=O) groups is 1. The molecule has 1 aliphatic heterocycles. The minimum absolute atomic E-state index is 0.0797. The van der Waals surface area contributed by atoms with Crippen LogP contribution >= 0.6 is 0 Å². The summed E-state index contributed by atoms with van der Waals surface area (Å²) in [5.41, 5.74) is 8.34. The summed E-state index contributed by atoms with van der Waals surface area (Å²) in [4.78, 5) is 19.3. The first-order chi connectivity index (χ1) is 17.0. The van der Waals surface area contributed by atoms with Crippen molar-refractivity contribution in [1.82, 2.24) is 30.6 Å². The molecule has 3 aromatic rings. The molecule has 1 aromatic heterocycles. The van der Waals surface area contributed by atoms with Crippen LogP contribution in [0.2, 0.25) is 0 Å². The third-order valence-electron chi connectivity index (χ3n) is 6.46. The molecule has 8 nitrogen and oxygen atoms in total. The van der Waals surface area contributed by atoms with Gasteiger partial charge in [0.05, 0.1) is 7.11 Å². The van der Waals surface area contributed by atoms with Crippen LogP contribution in [0.4, 0.5) is 9.18 Å². The van der Waals surface area contributed by atoms with Gasteiger partial charge in [-0.05, 0) is 43.0 Å². The molecule has 0 saturated carbocycles. The third kappa shape index (κ3) is 5.98. The highest BCUT2D eigenvalue weighted by Gasteiger charge is 2.27. The monoisotopic (exact) mass is 480 g/mol. The summed E-state index contributed by atoms with van der Waals surface area (Å²) >= 11 is 0. The highest BCUT2D eigenvalue weighted by atomic mass is 19.1. The molecule has 3 N–H and O–H groups in total. The Kier molecular flexibility index (Phi) is 7.99. The number of carbonyl (C=O) groups excluding carboxylic acids is 1. The van der Waals surface area contributed by atoms with E-state index in [0.717, 1.165) is 36.2 Å². The first-order valence-corrected chi connectivity index (χ1v) is 11.8. The van der Waals surface area contributed by atoms with Crippen LogP contribution in [0.3, 0.4) is 0 Å². The summed E-state index contributed by atoms with van der Waals surface area (Å²) in [6.45, 7) is 0.605. The lowest BCUT2D eigenvalue weighted by Gasteiger charge is -2.25. The Bertz CT molecular complexity index is 1140. The van der Waals surface area contributed by atoms with Crippen LogP contribution in [0, 0.1) is 5.82 Å². The average molecular weight is 481 g/mol. The first-order valence-electron chi connectivity index (χ1n) is 11.8. The fourth-order valence-electron chi connectivity index (χ4n) is 4.51. The summed E-state index contributed by atoms with van der Waals surface area (Å²) in [6, 6.07) is 14.0. The molecule has 1 saturated heterocycles. The molecule has 2 amide bonds. The smallest absolute Gasteiger partial charge is 0.317 e. The number of nitrogens with zero attached hydrogens (tertiary/aromatic N) is 3. The van der Waals surface area contributed by atoms with Crippen LogP contribution in [0.15, 0.2) is 60.9 Å². The van der Waals surface area contributed by atoms with E-state index in [4.69, 9.17) is 4.74 Å². The van der Waals surface area contributed by atoms with E-state index in [1.54, 1.807) is 37.4 Å². The minimum atomic E-state index is -0.450. The summed E-state index contributed by atoms with van der Waals surface area (Å²) in [5, 5.41) is 3.12. The van der Waals surface area contributed by atoms with Gasteiger partial charge in [0.25, 0.3) is 0 Å². The number of hydrazine groups is 1. The predicted molar refractivity (Wildman–Crippen MR) is 132 cm³/mol. The number of methoxy groups -OCH3 is 1. The van der Waals surface area contributed by atoms with Gasteiger partial charge >= 0.3 is 6.03 Å². The van der Waals surface area contributed by atoms with Gasteiger partial charge in [-0.1, -0.05) is 30.3 Å². The van der Waals surface area contributed by atoms with Gasteiger partial charge < -0.3 is 19.5 Å². The maximum atomic E-state index is 13.5. The lowest BCUT2D eigenvalue weighted by molar-refractivity contribution is 0.204. The minimum Gasteiger partial charge on any atom is -0.496 e. The van der Waals surface area contributed by atoms with Crippen molar-refractivity contribution >= 4 is 6.03 Å². The fourth-order valence-corrected chi connectivity index (χ4v) is 4.51. The van der Waals surface area contributed by atoms with Gasteiger partial charge in [-0.25, -0.2) is 14.2 Å². The fraction of sp³-hybridized carbons (Fsp3) is 0.385. The first kappa shape index (κ1) is 24.7. The van der Waals surface area contributed by atoms with Crippen LogP contribution in [0.1, 0.15) is 48.3 Å². The van der Waals surface area contributed by atoms with Gasteiger partial charge in [0.1, 0.15) is 23.4 Å². The Labute approximate surface area is 205 Å². The standard InChI is InChI=1S/C26H33FN6O2/c1-32-15-13-28-25(32)24(21-11-4-5-12-23(21)35-3)29-26(34)33(2)14-7-10-20-17-22(31-30-20)18-8-6-9-19(27)16-18/h4-6,8-9,11-13,15-16,20,22,24,30-31H,7,10,14,17H2,1-3H3,(H,29,34).